The van der Waals surface area contributed by atoms with Gasteiger partial charge in [-0.2, -0.15) is 0 Å². The molecule has 1 aromatic rings. The molecule has 1 aliphatic rings. The fourth-order valence-electron chi connectivity index (χ4n) is 2.40. The lowest BCUT2D eigenvalue weighted by atomic mass is 9.62. The van der Waals surface area contributed by atoms with E-state index in [0.29, 0.717) is 19.4 Å². The average molecular weight is 236 g/mol. The number of aliphatic carboxylic acids is 1. The lowest BCUT2D eigenvalue weighted by Crippen LogP contribution is -2.50. The molecule has 2 rings (SSSR count). The Morgan fingerprint density at radius 2 is 2.24 bits per heavy atom. The van der Waals surface area contributed by atoms with Crippen molar-refractivity contribution >= 4 is 5.97 Å². The van der Waals surface area contributed by atoms with Crippen molar-refractivity contribution in [3.8, 4) is 0 Å². The number of methoxy groups -OCH3 is 1. The number of ether oxygens (including phenoxy) is 1. The third-order valence-electron chi connectivity index (χ3n) is 3.37. The van der Waals surface area contributed by atoms with E-state index in [4.69, 9.17) is 4.74 Å². The molecule has 1 saturated carbocycles. The molecule has 4 nitrogen and oxygen atoms in total. The van der Waals surface area contributed by atoms with Gasteiger partial charge in [0.2, 0.25) is 0 Å². The molecule has 1 aromatic carbocycles. The van der Waals surface area contributed by atoms with Gasteiger partial charge in [-0.1, -0.05) is 24.3 Å². The number of aliphatic hydroxyl groups excluding tert-OH is 1. The van der Waals surface area contributed by atoms with Crippen molar-refractivity contribution in [3.05, 3.63) is 35.4 Å². The van der Waals surface area contributed by atoms with Gasteiger partial charge in [-0.25, -0.2) is 0 Å². The fraction of sp³-hybridized carbons (Fsp3) is 0.462. The summed E-state index contributed by atoms with van der Waals surface area (Å²) in [7, 11) is 1.60. The van der Waals surface area contributed by atoms with Crippen LogP contribution in [0.4, 0.5) is 0 Å². The van der Waals surface area contributed by atoms with E-state index in [1.54, 1.807) is 13.2 Å². The molecule has 17 heavy (non-hydrogen) atoms. The summed E-state index contributed by atoms with van der Waals surface area (Å²) >= 11 is 0. The number of rotatable bonds is 4. The lowest BCUT2D eigenvalue weighted by molar-refractivity contribution is -0.152. The van der Waals surface area contributed by atoms with Crippen LogP contribution >= 0.6 is 0 Å². The summed E-state index contributed by atoms with van der Waals surface area (Å²) in [4.78, 5) is 11.4. The SMILES string of the molecule is COCc1cccc(C2(C(=O)O)CC(O)C2)c1. The number of benzene rings is 1. The van der Waals surface area contributed by atoms with E-state index in [2.05, 4.69) is 0 Å². The van der Waals surface area contributed by atoms with E-state index in [9.17, 15) is 15.0 Å². The van der Waals surface area contributed by atoms with Crippen molar-refractivity contribution in [3.63, 3.8) is 0 Å². The van der Waals surface area contributed by atoms with Crippen molar-refractivity contribution < 1.29 is 19.7 Å². The Kier molecular flexibility index (Phi) is 3.17. The molecule has 1 fully saturated rings. The van der Waals surface area contributed by atoms with Crippen LogP contribution in [0.25, 0.3) is 0 Å². The molecule has 0 bridgehead atoms. The summed E-state index contributed by atoms with van der Waals surface area (Å²) in [5, 5.41) is 18.7. The highest BCUT2D eigenvalue weighted by Crippen LogP contribution is 2.44. The number of carboxylic acids is 1. The van der Waals surface area contributed by atoms with Gasteiger partial charge in [-0.05, 0) is 24.0 Å². The summed E-state index contributed by atoms with van der Waals surface area (Å²) in [6.45, 7) is 0.464. The zero-order chi connectivity index (χ0) is 12.5. The van der Waals surface area contributed by atoms with Crippen LogP contribution in [-0.2, 0) is 21.6 Å². The van der Waals surface area contributed by atoms with Crippen LogP contribution < -0.4 is 0 Å². The Balaban J connectivity index is 2.31. The predicted octanol–water partition coefficient (Wildman–Crippen LogP) is 1.31. The second-order valence-electron chi connectivity index (χ2n) is 4.58. The molecule has 0 aromatic heterocycles. The highest BCUT2D eigenvalue weighted by atomic mass is 16.5. The monoisotopic (exact) mass is 236 g/mol. The summed E-state index contributed by atoms with van der Waals surface area (Å²) in [5.41, 5.74) is 0.792. The van der Waals surface area contributed by atoms with E-state index in [1.807, 2.05) is 18.2 Å². The number of hydrogen-bond donors (Lipinski definition) is 2. The maximum Gasteiger partial charge on any atom is 0.314 e. The molecule has 0 heterocycles. The van der Waals surface area contributed by atoms with E-state index in [0.717, 1.165) is 11.1 Å². The third kappa shape index (κ3) is 2.06. The van der Waals surface area contributed by atoms with Gasteiger partial charge < -0.3 is 14.9 Å². The first-order valence-electron chi connectivity index (χ1n) is 5.58. The van der Waals surface area contributed by atoms with Crippen molar-refractivity contribution in [2.45, 2.75) is 31.0 Å². The molecule has 4 heteroatoms. The number of aliphatic hydroxyl groups is 1. The van der Waals surface area contributed by atoms with Crippen LogP contribution in [-0.4, -0.2) is 29.4 Å². The second kappa shape index (κ2) is 4.47. The molecule has 0 atom stereocenters. The van der Waals surface area contributed by atoms with Crippen LogP contribution in [0.3, 0.4) is 0 Å². The molecule has 92 valence electrons. The van der Waals surface area contributed by atoms with Gasteiger partial charge in [0.05, 0.1) is 18.1 Å². The molecule has 0 spiro atoms. The van der Waals surface area contributed by atoms with Crippen molar-refractivity contribution in [2.75, 3.05) is 7.11 Å². The first kappa shape index (κ1) is 12.1. The zero-order valence-electron chi connectivity index (χ0n) is 9.72. The highest BCUT2D eigenvalue weighted by Gasteiger charge is 2.51. The van der Waals surface area contributed by atoms with Crippen molar-refractivity contribution in [1.82, 2.24) is 0 Å². The molecule has 0 radical (unpaired) electrons. The van der Waals surface area contributed by atoms with Gasteiger partial charge in [-0.15, -0.1) is 0 Å². The Labute approximate surface area is 99.8 Å². The lowest BCUT2D eigenvalue weighted by Gasteiger charge is -2.42. The topological polar surface area (TPSA) is 66.8 Å². The predicted molar refractivity (Wildman–Crippen MR) is 61.7 cm³/mol. The largest absolute Gasteiger partial charge is 0.481 e. The Bertz CT molecular complexity index is 421. The van der Waals surface area contributed by atoms with Gasteiger partial charge in [0.15, 0.2) is 0 Å². The minimum atomic E-state index is -0.914. The molecule has 1 aliphatic carbocycles. The van der Waals surface area contributed by atoms with Crippen LogP contribution in [0, 0.1) is 0 Å². The van der Waals surface area contributed by atoms with Crippen LogP contribution in [0.1, 0.15) is 24.0 Å². The van der Waals surface area contributed by atoms with Crippen molar-refractivity contribution in [2.24, 2.45) is 0 Å². The molecular formula is C13H16O4. The smallest absolute Gasteiger partial charge is 0.314 e. The zero-order valence-corrected chi connectivity index (χ0v) is 9.72. The number of carbonyl (C=O) groups is 1. The first-order valence-corrected chi connectivity index (χ1v) is 5.58. The van der Waals surface area contributed by atoms with Gasteiger partial charge >= 0.3 is 5.97 Å². The molecular weight excluding hydrogens is 220 g/mol. The normalized spacial score (nSPS) is 27.5. The van der Waals surface area contributed by atoms with Crippen LogP contribution in [0.15, 0.2) is 24.3 Å². The maximum atomic E-state index is 11.4. The van der Waals surface area contributed by atoms with Crippen LogP contribution in [0.5, 0.6) is 0 Å². The van der Waals surface area contributed by atoms with E-state index < -0.39 is 17.5 Å². The maximum absolute atomic E-state index is 11.4. The van der Waals surface area contributed by atoms with E-state index >= 15 is 0 Å². The first-order chi connectivity index (χ1) is 8.08. The molecule has 2 N–H and O–H groups in total. The molecule has 0 amide bonds. The van der Waals surface area contributed by atoms with E-state index in [1.165, 1.54) is 0 Å². The quantitative estimate of drug-likeness (QED) is 0.827. The minimum absolute atomic E-state index is 0.290. The average Bonchev–Trinajstić information content (AvgIpc) is 2.25. The Morgan fingerprint density at radius 1 is 1.53 bits per heavy atom. The Morgan fingerprint density at radius 3 is 2.76 bits per heavy atom. The number of hydrogen-bond acceptors (Lipinski definition) is 3. The highest BCUT2D eigenvalue weighted by molar-refractivity contribution is 5.83. The number of carboxylic acid groups (broad SMARTS) is 1. The Hall–Kier alpha value is -1.39. The van der Waals surface area contributed by atoms with Gasteiger partial charge in [0.25, 0.3) is 0 Å². The fourth-order valence-corrected chi connectivity index (χ4v) is 2.40. The summed E-state index contributed by atoms with van der Waals surface area (Å²) in [6, 6.07) is 7.39. The summed E-state index contributed by atoms with van der Waals surface area (Å²) in [5.74, 6) is -0.864. The molecule has 0 aliphatic heterocycles. The minimum Gasteiger partial charge on any atom is -0.481 e. The van der Waals surface area contributed by atoms with Gasteiger partial charge in [-0.3, -0.25) is 4.79 Å². The molecule has 0 saturated heterocycles. The summed E-state index contributed by atoms with van der Waals surface area (Å²) in [6.07, 6.45) is 0.0783. The van der Waals surface area contributed by atoms with Crippen molar-refractivity contribution in [1.29, 1.82) is 0 Å². The second-order valence-corrected chi connectivity index (χ2v) is 4.58. The van der Waals surface area contributed by atoms with Gasteiger partial charge in [0.1, 0.15) is 0 Å². The third-order valence-corrected chi connectivity index (χ3v) is 3.37. The van der Waals surface area contributed by atoms with E-state index in [-0.39, 0.29) is 0 Å². The van der Waals surface area contributed by atoms with Gasteiger partial charge in [0, 0.05) is 7.11 Å². The summed E-state index contributed by atoms with van der Waals surface area (Å²) < 4.78 is 5.03. The molecule has 0 unspecified atom stereocenters. The standard InChI is InChI=1S/C13H16O4/c1-17-8-9-3-2-4-10(5-9)13(12(15)16)6-11(14)7-13/h2-5,11,14H,6-8H2,1H3,(H,15,16). The van der Waals surface area contributed by atoms with Crippen LogP contribution in [0.2, 0.25) is 0 Å².